The number of aryl methyl sites for hydroxylation is 6. The molecule has 4 rings (SSSR count). The average molecular weight is 538 g/mol. The molecule has 0 fully saturated rings. The molecule has 0 spiro atoms. The van der Waals surface area contributed by atoms with E-state index in [1.165, 1.54) is 0 Å². The van der Waals surface area contributed by atoms with Crippen molar-refractivity contribution in [2.24, 2.45) is 0 Å². The van der Waals surface area contributed by atoms with E-state index in [0.29, 0.717) is 0 Å². The van der Waals surface area contributed by atoms with Gasteiger partial charge in [0.15, 0.2) is 17.1 Å². The van der Waals surface area contributed by atoms with Gasteiger partial charge in [0.25, 0.3) is 0 Å². The smallest absolute Gasteiger partial charge is 0.00506 e. The van der Waals surface area contributed by atoms with Crippen molar-refractivity contribution in [1.82, 2.24) is 0 Å². The first-order valence-electron chi connectivity index (χ1n) is 11.4. The van der Waals surface area contributed by atoms with Crippen LogP contribution in [0, 0.1) is 74.3 Å². The van der Waals surface area contributed by atoms with E-state index in [0.717, 1.165) is 50.4 Å². The van der Waals surface area contributed by atoms with E-state index in [1.807, 2.05) is 127 Å². The molecule has 3 aromatic carbocycles. The van der Waals surface area contributed by atoms with Crippen LogP contribution in [0.2, 0.25) is 0 Å². The van der Waals surface area contributed by atoms with Crippen LogP contribution in [0.4, 0.5) is 17.1 Å². The summed E-state index contributed by atoms with van der Waals surface area (Å²) in [6.07, 6.45) is 10.0. The Hall–Kier alpha value is -4.07. The van der Waals surface area contributed by atoms with Gasteiger partial charge in [-0.1, -0.05) is 78.9 Å². The molecule has 2 radical (unpaired) electrons. The van der Waals surface area contributed by atoms with Gasteiger partial charge in [0.2, 0.25) is 0 Å². The maximum absolute atomic E-state index is 7.50. The summed E-state index contributed by atoms with van der Waals surface area (Å²) in [5.41, 5.74) is 8.77. The number of rotatable bonds is 0. The van der Waals surface area contributed by atoms with Gasteiger partial charge in [-0.05, 0) is 74.9 Å². The molecule has 0 aromatic heterocycles. The molecule has 38 heavy (non-hydrogen) atoms. The van der Waals surface area contributed by atoms with Crippen LogP contribution >= 0.6 is 0 Å². The second-order valence-corrected chi connectivity index (χ2v) is 8.02. The number of benzene rings is 3. The molecule has 1 aliphatic rings. The minimum absolute atomic E-state index is 0. The Balaban J connectivity index is 0. The summed E-state index contributed by atoms with van der Waals surface area (Å²) in [5.74, 6) is 0. The minimum Gasteiger partial charge on any atom is -0.0767 e. The summed E-state index contributed by atoms with van der Waals surface area (Å²) in [7, 11) is 0. The van der Waals surface area contributed by atoms with Crippen molar-refractivity contribution in [3.63, 3.8) is 0 Å². The van der Waals surface area contributed by atoms with E-state index in [9.17, 15) is 0 Å². The first-order valence-corrected chi connectivity index (χ1v) is 11.4. The maximum atomic E-state index is 7.50. The summed E-state index contributed by atoms with van der Waals surface area (Å²) in [5, 5.41) is 0. The van der Waals surface area contributed by atoms with Gasteiger partial charge in [-0.2, -0.15) is 0 Å². The van der Waals surface area contributed by atoms with Crippen molar-refractivity contribution in [1.29, 1.82) is 0 Å². The van der Waals surface area contributed by atoms with E-state index in [2.05, 4.69) is 21.2 Å². The van der Waals surface area contributed by atoms with E-state index in [-0.39, 0.29) is 18.6 Å². The molecule has 0 heterocycles. The molecule has 0 amide bonds. The monoisotopic (exact) mass is 537 g/mol. The Kier molecular flexibility index (Phi) is 20.0. The fourth-order valence-corrected chi connectivity index (χ4v) is 3.27. The predicted octanol–water partition coefficient (Wildman–Crippen LogP) is 9.84. The molecule has 0 saturated carbocycles. The molecular formula is C33H32N3OV. The fourth-order valence-electron chi connectivity index (χ4n) is 3.27. The van der Waals surface area contributed by atoms with Crippen LogP contribution in [-0.2, 0) is 23.2 Å². The van der Waals surface area contributed by atoms with E-state index < -0.39 is 0 Å². The zero-order valence-electron chi connectivity index (χ0n) is 22.8. The Labute approximate surface area is 240 Å². The van der Waals surface area contributed by atoms with Crippen LogP contribution in [0.3, 0.4) is 0 Å². The van der Waals surface area contributed by atoms with E-state index in [1.54, 1.807) is 0 Å². The van der Waals surface area contributed by atoms with Crippen LogP contribution in [-0.4, -0.2) is 0 Å². The molecule has 4 nitrogen and oxygen atoms in total. The Morgan fingerprint density at radius 1 is 0.447 bits per heavy atom. The van der Waals surface area contributed by atoms with Gasteiger partial charge >= 0.3 is 11.3 Å². The van der Waals surface area contributed by atoms with Crippen LogP contribution in [0.5, 0.6) is 0 Å². The molecule has 0 unspecified atom stereocenters. The summed E-state index contributed by atoms with van der Waals surface area (Å²) in [6, 6.07) is 17.7. The Morgan fingerprint density at radius 3 is 0.763 bits per heavy atom. The number of allylic oxidation sites excluding steroid dienone is 4. The molecule has 1 aliphatic carbocycles. The van der Waals surface area contributed by atoms with Crippen molar-refractivity contribution in [2.75, 3.05) is 0 Å². The Bertz CT molecular complexity index is 1150. The summed E-state index contributed by atoms with van der Waals surface area (Å²) in [6.45, 7) is 36.8. The number of nitrogens with zero attached hydrogens (tertiary/aromatic N) is 3. The standard InChI is InChI=1S/3C9H9N.C5H5.CO.V/c3*1-7-5-4-6-8(2)9(7)10-3;1-2-4-5-3-1;1-2;/h3*4-6H,1-2H3;1-5H;;. The molecular weight excluding hydrogens is 505 g/mol. The van der Waals surface area contributed by atoms with Crippen LogP contribution < -0.4 is 0 Å². The Morgan fingerprint density at radius 2 is 0.658 bits per heavy atom. The van der Waals surface area contributed by atoms with Gasteiger partial charge in [0.1, 0.15) is 0 Å². The van der Waals surface area contributed by atoms with Crippen molar-refractivity contribution >= 4 is 17.1 Å². The van der Waals surface area contributed by atoms with Crippen molar-refractivity contribution < 1.29 is 23.2 Å². The second kappa shape index (κ2) is 21.1. The largest absolute Gasteiger partial charge is 0.0767 e. The van der Waals surface area contributed by atoms with E-state index in [4.69, 9.17) is 24.4 Å². The molecule has 0 atom stereocenters. The quantitative estimate of drug-likeness (QED) is 0.202. The summed E-state index contributed by atoms with van der Waals surface area (Å²) in [4.78, 5) is 10.3. The topological polar surface area (TPSA) is 33.0 Å². The first-order chi connectivity index (χ1) is 17.8. The predicted molar refractivity (Wildman–Crippen MR) is 153 cm³/mol. The normalized spacial score (nSPS) is 9.39. The number of para-hydroxylation sites is 3. The first kappa shape index (κ1) is 36.1. The van der Waals surface area contributed by atoms with Gasteiger partial charge in [-0.25, -0.2) is 14.5 Å². The third-order valence-electron chi connectivity index (χ3n) is 5.21. The van der Waals surface area contributed by atoms with Gasteiger partial charge in [0, 0.05) is 25.0 Å². The molecule has 190 valence electrons. The molecule has 0 N–H and O–H groups in total. The number of hydrogen-bond donors (Lipinski definition) is 0. The van der Waals surface area contributed by atoms with Crippen molar-refractivity contribution in [3.05, 3.63) is 160 Å². The zero-order chi connectivity index (χ0) is 28.2. The van der Waals surface area contributed by atoms with E-state index >= 15 is 0 Å². The van der Waals surface area contributed by atoms with Gasteiger partial charge in [-0.3, -0.25) is 0 Å². The molecule has 3 aromatic rings. The van der Waals surface area contributed by atoms with Crippen LogP contribution in [0.25, 0.3) is 14.5 Å². The molecule has 0 bridgehead atoms. The van der Waals surface area contributed by atoms with Gasteiger partial charge in [0.05, 0.1) is 19.7 Å². The van der Waals surface area contributed by atoms with Crippen LogP contribution in [0.15, 0.2) is 78.9 Å². The van der Waals surface area contributed by atoms with Gasteiger partial charge < -0.3 is 0 Å². The molecule has 0 saturated heterocycles. The average Bonchev–Trinajstić information content (AvgIpc) is 3.47. The second-order valence-electron chi connectivity index (χ2n) is 8.02. The molecule has 5 heteroatoms. The summed E-state index contributed by atoms with van der Waals surface area (Å²) < 4.78 is 7.50. The zero-order valence-corrected chi connectivity index (χ0v) is 24.2. The maximum Gasteiger partial charge on any atom is 0.00506 e. The fraction of sp³-hybridized carbons (Fsp3) is 0.182. The minimum atomic E-state index is 0. The molecule has 0 aliphatic heterocycles. The van der Waals surface area contributed by atoms with Crippen LogP contribution in [0.1, 0.15) is 33.4 Å². The SMILES string of the molecule is [C-]#[N+]c1c(C)cccc1C.[C-]#[N+]c1c(C)cccc1C.[C-]#[N+]c1c(C)cccc1C.[C-]#[O+].[CH]1C=CC=C1.[V]. The van der Waals surface area contributed by atoms with Gasteiger partial charge in [-0.15, -0.1) is 0 Å². The third-order valence-corrected chi connectivity index (χ3v) is 5.21. The third kappa shape index (κ3) is 12.8. The van der Waals surface area contributed by atoms with Crippen molar-refractivity contribution in [3.8, 4) is 0 Å². The summed E-state index contributed by atoms with van der Waals surface area (Å²) >= 11 is 0. The van der Waals surface area contributed by atoms with Crippen molar-refractivity contribution in [2.45, 2.75) is 41.5 Å². The number of hydrogen-bond acceptors (Lipinski definition) is 0.